The summed E-state index contributed by atoms with van der Waals surface area (Å²) in [6.07, 6.45) is 9.93. The number of halogens is 1. The van der Waals surface area contributed by atoms with Crippen LogP contribution in [0.3, 0.4) is 0 Å². The molecular weight excluding hydrogens is 457 g/mol. The van der Waals surface area contributed by atoms with Crippen molar-refractivity contribution >= 4 is 39.3 Å². The fourth-order valence-corrected chi connectivity index (χ4v) is 5.35. The quantitative estimate of drug-likeness (QED) is 0.331. The van der Waals surface area contributed by atoms with Gasteiger partial charge in [0.15, 0.2) is 0 Å². The van der Waals surface area contributed by atoms with Gasteiger partial charge in [-0.05, 0) is 30.4 Å². The van der Waals surface area contributed by atoms with E-state index in [1.165, 1.54) is 29.4 Å². The second-order valence-electron chi connectivity index (χ2n) is 7.90. The predicted molar refractivity (Wildman–Crippen MR) is 132 cm³/mol. The van der Waals surface area contributed by atoms with E-state index >= 15 is 0 Å². The summed E-state index contributed by atoms with van der Waals surface area (Å²) in [6, 6.07) is 5.31. The van der Waals surface area contributed by atoms with Gasteiger partial charge < -0.3 is 9.64 Å². The lowest BCUT2D eigenvalue weighted by Crippen LogP contribution is -2.39. The van der Waals surface area contributed by atoms with Gasteiger partial charge in [0.25, 0.3) is 0 Å². The van der Waals surface area contributed by atoms with Crippen molar-refractivity contribution in [2.75, 3.05) is 24.2 Å². The summed E-state index contributed by atoms with van der Waals surface area (Å²) in [5, 5.41) is 1.93. The minimum absolute atomic E-state index is 0.0532. The molecule has 1 aliphatic rings. The molecule has 3 aromatic heterocycles. The lowest BCUT2D eigenvalue weighted by atomic mass is 10.1. The summed E-state index contributed by atoms with van der Waals surface area (Å²) in [6.45, 7) is 3.75. The Morgan fingerprint density at radius 1 is 1.12 bits per heavy atom. The number of fused-ring (bicyclic) bond motifs is 1. The van der Waals surface area contributed by atoms with Crippen LogP contribution in [0.15, 0.2) is 47.2 Å². The van der Waals surface area contributed by atoms with Gasteiger partial charge in [-0.15, -0.1) is 23.1 Å². The fourth-order valence-electron chi connectivity index (χ4n) is 3.97. The van der Waals surface area contributed by atoms with Crippen LogP contribution in [0, 0.1) is 5.82 Å². The van der Waals surface area contributed by atoms with Crippen LogP contribution in [-0.2, 0) is 6.42 Å². The zero-order valence-corrected chi connectivity index (χ0v) is 20.1. The van der Waals surface area contributed by atoms with Crippen LogP contribution >= 0.6 is 23.1 Å². The molecule has 0 radical (unpaired) electrons. The van der Waals surface area contributed by atoms with Gasteiger partial charge in [0.2, 0.25) is 11.8 Å². The van der Waals surface area contributed by atoms with E-state index in [1.54, 1.807) is 6.07 Å². The normalized spacial score (nSPS) is 14.7. The number of ether oxygens (including phenoxy) is 1. The number of rotatable bonds is 6. The standard InChI is InChI=1S/C24H24FN5OS2/c1-3-15-11-26-24(27-12-15)30-8-6-16(7-9-30)31-23-22-21(28-14-29-23)19(13-33-22)18-5-4-17(32-2)10-20(18)25/h4-5,10-14,16H,3,6-9H2,1-2H3. The maximum atomic E-state index is 14.7. The smallest absolute Gasteiger partial charge is 0.235 e. The van der Waals surface area contributed by atoms with Crippen LogP contribution in [0.25, 0.3) is 21.3 Å². The molecule has 0 N–H and O–H groups in total. The number of thioether (sulfide) groups is 1. The van der Waals surface area contributed by atoms with Crippen molar-refractivity contribution in [2.45, 2.75) is 37.2 Å². The first-order valence-electron chi connectivity index (χ1n) is 10.9. The summed E-state index contributed by atoms with van der Waals surface area (Å²) >= 11 is 3.01. The molecule has 4 aromatic rings. The van der Waals surface area contributed by atoms with Gasteiger partial charge in [0.05, 0.1) is 5.52 Å². The van der Waals surface area contributed by atoms with Crippen molar-refractivity contribution in [3.63, 3.8) is 0 Å². The van der Waals surface area contributed by atoms with Gasteiger partial charge in [-0.25, -0.2) is 24.3 Å². The number of hydrogen-bond donors (Lipinski definition) is 0. The molecule has 0 atom stereocenters. The van der Waals surface area contributed by atoms with Crippen LogP contribution < -0.4 is 9.64 Å². The van der Waals surface area contributed by atoms with Crippen molar-refractivity contribution in [1.29, 1.82) is 0 Å². The first-order chi connectivity index (χ1) is 16.2. The predicted octanol–water partition coefficient (Wildman–Crippen LogP) is 5.62. The van der Waals surface area contributed by atoms with Crippen LogP contribution in [0.2, 0.25) is 0 Å². The molecule has 0 amide bonds. The highest BCUT2D eigenvalue weighted by Crippen LogP contribution is 2.38. The van der Waals surface area contributed by atoms with Gasteiger partial charge >= 0.3 is 0 Å². The van der Waals surface area contributed by atoms with E-state index in [2.05, 4.69) is 31.8 Å². The Hall–Kier alpha value is -2.78. The Morgan fingerprint density at radius 3 is 2.61 bits per heavy atom. The number of nitrogens with zero attached hydrogens (tertiary/aromatic N) is 5. The molecule has 6 nitrogen and oxygen atoms in total. The summed E-state index contributed by atoms with van der Waals surface area (Å²) in [4.78, 5) is 20.9. The van der Waals surface area contributed by atoms with Crippen molar-refractivity contribution in [3.8, 4) is 17.0 Å². The Bertz CT molecular complexity index is 1260. The maximum absolute atomic E-state index is 14.7. The molecule has 0 aliphatic carbocycles. The lowest BCUT2D eigenvalue weighted by Gasteiger charge is -2.31. The Balaban J connectivity index is 1.31. The number of benzene rings is 1. The second-order valence-corrected chi connectivity index (χ2v) is 9.66. The summed E-state index contributed by atoms with van der Waals surface area (Å²) in [7, 11) is 0. The van der Waals surface area contributed by atoms with Gasteiger partial charge in [0, 0.05) is 59.7 Å². The van der Waals surface area contributed by atoms with E-state index in [-0.39, 0.29) is 11.9 Å². The monoisotopic (exact) mass is 481 g/mol. The van der Waals surface area contributed by atoms with E-state index in [0.717, 1.165) is 64.5 Å². The molecule has 0 saturated carbocycles. The van der Waals surface area contributed by atoms with Crippen LogP contribution in [-0.4, -0.2) is 45.4 Å². The van der Waals surface area contributed by atoms with Crippen molar-refractivity contribution in [3.05, 3.63) is 53.7 Å². The molecule has 1 aromatic carbocycles. The van der Waals surface area contributed by atoms with E-state index in [4.69, 9.17) is 4.74 Å². The average molecular weight is 482 g/mol. The topological polar surface area (TPSA) is 64.0 Å². The third kappa shape index (κ3) is 4.52. The zero-order valence-electron chi connectivity index (χ0n) is 18.5. The summed E-state index contributed by atoms with van der Waals surface area (Å²) in [5.74, 6) is 1.09. The highest BCUT2D eigenvalue weighted by Gasteiger charge is 2.24. The molecule has 33 heavy (non-hydrogen) atoms. The Kier molecular flexibility index (Phi) is 6.41. The molecule has 1 fully saturated rings. The largest absolute Gasteiger partial charge is 0.473 e. The lowest BCUT2D eigenvalue weighted by molar-refractivity contribution is 0.166. The Labute approximate surface area is 200 Å². The molecule has 170 valence electrons. The van der Waals surface area contributed by atoms with Gasteiger partial charge in [0.1, 0.15) is 22.9 Å². The van der Waals surface area contributed by atoms with Crippen molar-refractivity contribution in [1.82, 2.24) is 19.9 Å². The molecule has 1 aliphatic heterocycles. The second kappa shape index (κ2) is 9.61. The van der Waals surface area contributed by atoms with Gasteiger partial charge in [-0.2, -0.15) is 0 Å². The van der Waals surface area contributed by atoms with Crippen molar-refractivity contribution in [2.24, 2.45) is 0 Å². The molecule has 5 rings (SSSR count). The SMILES string of the molecule is CCc1cnc(N2CCC(Oc3ncnc4c(-c5ccc(SC)cc5F)csc34)CC2)nc1. The first-order valence-corrected chi connectivity index (χ1v) is 13.0. The molecule has 0 unspecified atom stereocenters. The number of hydrogen-bond acceptors (Lipinski definition) is 8. The number of thiophene rings is 1. The Morgan fingerprint density at radius 2 is 1.91 bits per heavy atom. The van der Waals surface area contributed by atoms with Crippen LogP contribution in [0.5, 0.6) is 5.88 Å². The van der Waals surface area contributed by atoms with E-state index in [9.17, 15) is 4.39 Å². The number of piperidine rings is 1. The molecule has 9 heteroatoms. The van der Waals surface area contributed by atoms with E-state index in [0.29, 0.717) is 11.4 Å². The molecule has 4 heterocycles. The summed E-state index contributed by atoms with van der Waals surface area (Å²) < 4.78 is 21.9. The van der Waals surface area contributed by atoms with Crippen LogP contribution in [0.1, 0.15) is 25.3 Å². The maximum Gasteiger partial charge on any atom is 0.235 e. The van der Waals surface area contributed by atoms with E-state index < -0.39 is 0 Å². The van der Waals surface area contributed by atoms with E-state index in [1.807, 2.05) is 36.2 Å². The van der Waals surface area contributed by atoms with Gasteiger partial charge in [-0.1, -0.05) is 13.0 Å². The molecule has 1 saturated heterocycles. The number of aryl methyl sites for hydroxylation is 1. The minimum Gasteiger partial charge on any atom is -0.473 e. The molecular formula is C24H24FN5OS2. The van der Waals surface area contributed by atoms with Gasteiger partial charge in [-0.3, -0.25) is 0 Å². The third-order valence-electron chi connectivity index (χ3n) is 5.89. The fraction of sp³-hybridized carbons (Fsp3) is 0.333. The molecule has 0 bridgehead atoms. The minimum atomic E-state index is -0.246. The zero-order chi connectivity index (χ0) is 22.8. The summed E-state index contributed by atoms with van der Waals surface area (Å²) in [5.41, 5.74) is 3.18. The van der Waals surface area contributed by atoms with Crippen molar-refractivity contribution < 1.29 is 9.13 Å². The third-order valence-corrected chi connectivity index (χ3v) is 7.57. The van der Waals surface area contributed by atoms with Crippen LogP contribution in [0.4, 0.5) is 10.3 Å². The first kappa shape index (κ1) is 22.0. The molecule has 0 spiro atoms. The highest BCUT2D eigenvalue weighted by molar-refractivity contribution is 7.98. The number of aromatic nitrogens is 4. The average Bonchev–Trinajstić information content (AvgIpc) is 3.29. The number of anilines is 1. The highest BCUT2D eigenvalue weighted by atomic mass is 32.2.